The molecule has 0 radical (unpaired) electrons. The molecule has 1 amide bonds. The van der Waals surface area contributed by atoms with E-state index in [1.165, 1.54) is 12.1 Å². The fraction of sp³-hybridized carbons (Fsp3) is 0.350. The first-order valence-corrected chi connectivity index (χ1v) is 8.44. The van der Waals surface area contributed by atoms with Crippen molar-refractivity contribution in [1.29, 1.82) is 0 Å². The average Bonchev–Trinajstić information content (AvgIpc) is 2.59. The van der Waals surface area contributed by atoms with Crippen LogP contribution in [0.25, 0.3) is 0 Å². The Bertz CT molecular complexity index is 703. The maximum atomic E-state index is 13.7. The summed E-state index contributed by atoms with van der Waals surface area (Å²) < 4.78 is 24.8. The van der Waals surface area contributed by atoms with Crippen molar-refractivity contribution in [3.63, 3.8) is 0 Å². The van der Waals surface area contributed by atoms with Crippen LogP contribution in [0.5, 0.6) is 11.5 Å². The Labute approximate surface area is 148 Å². The molecule has 0 heterocycles. The second-order valence-electron chi connectivity index (χ2n) is 5.98. The molecule has 5 heteroatoms. The van der Waals surface area contributed by atoms with Gasteiger partial charge >= 0.3 is 0 Å². The van der Waals surface area contributed by atoms with Gasteiger partial charge in [0.05, 0.1) is 6.10 Å². The van der Waals surface area contributed by atoms with Crippen molar-refractivity contribution in [2.24, 2.45) is 0 Å². The van der Waals surface area contributed by atoms with Crippen LogP contribution >= 0.6 is 0 Å². The van der Waals surface area contributed by atoms with E-state index in [2.05, 4.69) is 5.32 Å². The summed E-state index contributed by atoms with van der Waals surface area (Å²) >= 11 is 0. The van der Waals surface area contributed by atoms with Crippen molar-refractivity contribution in [2.45, 2.75) is 45.9 Å². The van der Waals surface area contributed by atoms with Crippen LogP contribution in [0.15, 0.2) is 48.5 Å². The lowest BCUT2D eigenvalue weighted by Gasteiger charge is -2.18. The molecule has 0 saturated heterocycles. The molecule has 1 atom stereocenters. The highest BCUT2D eigenvalue weighted by Gasteiger charge is 2.19. The Morgan fingerprint density at radius 3 is 2.56 bits per heavy atom. The Balaban J connectivity index is 1.95. The third kappa shape index (κ3) is 5.78. The molecule has 0 aliphatic heterocycles. The fourth-order valence-corrected chi connectivity index (χ4v) is 2.32. The van der Waals surface area contributed by atoms with Crippen LogP contribution in [0.3, 0.4) is 0 Å². The summed E-state index contributed by atoms with van der Waals surface area (Å²) in [4.78, 5) is 12.3. The van der Waals surface area contributed by atoms with Crippen molar-refractivity contribution >= 4 is 5.91 Å². The Morgan fingerprint density at radius 2 is 1.88 bits per heavy atom. The van der Waals surface area contributed by atoms with Crippen molar-refractivity contribution in [3.8, 4) is 11.5 Å². The third-order valence-electron chi connectivity index (χ3n) is 3.51. The van der Waals surface area contributed by atoms with Crippen LogP contribution in [0.1, 0.15) is 32.8 Å². The molecule has 2 aromatic carbocycles. The quantitative estimate of drug-likeness (QED) is 0.784. The molecule has 0 bridgehead atoms. The zero-order valence-electron chi connectivity index (χ0n) is 14.8. The molecule has 1 N–H and O–H groups in total. The summed E-state index contributed by atoms with van der Waals surface area (Å²) in [5.74, 6) is 0.0847. The van der Waals surface area contributed by atoms with Gasteiger partial charge in [0.1, 0.15) is 5.75 Å². The third-order valence-corrected chi connectivity index (χ3v) is 3.51. The largest absolute Gasteiger partial charge is 0.491 e. The lowest BCUT2D eigenvalue weighted by Crippen LogP contribution is -2.37. The van der Waals surface area contributed by atoms with Gasteiger partial charge in [-0.2, -0.15) is 0 Å². The molecular formula is C20H24FNO3. The van der Waals surface area contributed by atoms with Gasteiger partial charge in [0.25, 0.3) is 5.91 Å². The van der Waals surface area contributed by atoms with Gasteiger partial charge in [-0.05, 0) is 50.1 Å². The number of benzene rings is 2. The number of amides is 1. The first kappa shape index (κ1) is 18.8. The van der Waals surface area contributed by atoms with Gasteiger partial charge in [-0.3, -0.25) is 4.79 Å². The number of halogens is 1. The van der Waals surface area contributed by atoms with Gasteiger partial charge in [0.2, 0.25) is 0 Å². The number of nitrogens with one attached hydrogen (secondary N) is 1. The summed E-state index contributed by atoms with van der Waals surface area (Å²) in [6, 6.07) is 13.6. The van der Waals surface area contributed by atoms with E-state index in [1.54, 1.807) is 12.1 Å². The molecule has 0 saturated carbocycles. The Hall–Kier alpha value is -2.56. The molecule has 134 valence electrons. The lowest BCUT2D eigenvalue weighted by atomic mass is 10.2. The first-order chi connectivity index (χ1) is 12.0. The second kappa shape index (κ2) is 9.06. The molecule has 25 heavy (non-hydrogen) atoms. The number of rotatable bonds is 8. The SMILES string of the molecule is CC[C@@H](Oc1ccccc1F)C(=O)NCc1cccc(OC(C)C)c1. The van der Waals surface area contributed by atoms with Crippen LogP contribution in [0, 0.1) is 5.82 Å². The van der Waals surface area contributed by atoms with Gasteiger partial charge in [-0.15, -0.1) is 0 Å². The van der Waals surface area contributed by atoms with Crippen molar-refractivity contribution < 1.29 is 18.7 Å². The van der Waals surface area contributed by atoms with E-state index in [4.69, 9.17) is 9.47 Å². The fourth-order valence-electron chi connectivity index (χ4n) is 2.32. The summed E-state index contributed by atoms with van der Waals surface area (Å²) in [5.41, 5.74) is 0.923. The molecule has 0 aliphatic carbocycles. The summed E-state index contributed by atoms with van der Waals surface area (Å²) in [6.45, 7) is 6.09. The normalized spacial score (nSPS) is 11.9. The molecule has 2 rings (SSSR count). The topological polar surface area (TPSA) is 47.6 Å². The zero-order valence-corrected chi connectivity index (χ0v) is 14.8. The number of hydrogen-bond donors (Lipinski definition) is 1. The summed E-state index contributed by atoms with van der Waals surface area (Å²) in [5, 5.41) is 2.83. The highest BCUT2D eigenvalue weighted by molar-refractivity contribution is 5.81. The molecule has 0 unspecified atom stereocenters. The van der Waals surface area contributed by atoms with Gasteiger partial charge < -0.3 is 14.8 Å². The lowest BCUT2D eigenvalue weighted by molar-refractivity contribution is -0.128. The predicted molar refractivity (Wildman–Crippen MR) is 95.2 cm³/mol. The van der Waals surface area contributed by atoms with E-state index in [0.29, 0.717) is 13.0 Å². The van der Waals surface area contributed by atoms with Crippen LogP contribution in [-0.4, -0.2) is 18.1 Å². The highest BCUT2D eigenvalue weighted by atomic mass is 19.1. The van der Waals surface area contributed by atoms with Gasteiger partial charge in [0, 0.05) is 6.54 Å². The highest BCUT2D eigenvalue weighted by Crippen LogP contribution is 2.18. The standard InChI is InChI=1S/C20H24FNO3/c1-4-18(25-19-11-6-5-10-17(19)21)20(23)22-13-15-8-7-9-16(12-15)24-14(2)3/h5-12,14,18H,4,13H2,1-3H3,(H,22,23)/t18-/m1/s1. The van der Waals surface area contributed by atoms with Crippen LogP contribution in [0.4, 0.5) is 4.39 Å². The molecule has 0 aliphatic rings. The molecule has 0 spiro atoms. The number of carbonyl (C=O) groups excluding carboxylic acids is 1. The number of para-hydroxylation sites is 1. The monoisotopic (exact) mass is 345 g/mol. The van der Waals surface area contributed by atoms with Crippen molar-refractivity contribution in [2.75, 3.05) is 0 Å². The summed E-state index contributed by atoms with van der Waals surface area (Å²) in [7, 11) is 0. The molecule has 0 aromatic heterocycles. The van der Waals surface area contributed by atoms with E-state index in [-0.39, 0.29) is 17.8 Å². The Morgan fingerprint density at radius 1 is 1.12 bits per heavy atom. The minimum atomic E-state index is -0.744. The van der Waals surface area contributed by atoms with E-state index in [1.807, 2.05) is 45.0 Å². The first-order valence-electron chi connectivity index (χ1n) is 8.44. The van der Waals surface area contributed by atoms with Crippen LogP contribution in [-0.2, 0) is 11.3 Å². The number of ether oxygens (including phenoxy) is 2. The van der Waals surface area contributed by atoms with Crippen molar-refractivity contribution in [3.05, 3.63) is 59.9 Å². The van der Waals surface area contributed by atoms with Gasteiger partial charge in [-0.1, -0.05) is 31.2 Å². The van der Waals surface area contributed by atoms with Gasteiger partial charge in [-0.25, -0.2) is 4.39 Å². The maximum absolute atomic E-state index is 13.7. The number of carbonyl (C=O) groups is 1. The number of hydrogen-bond acceptors (Lipinski definition) is 3. The van der Waals surface area contributed by atoms with E-state index in [9.17, 15) is 9.18 Å². The van der Waals surface area contributed by atoms with E-state index in [0.717, 1.165) is 11.3 Å². The van der Waals surface area contributed by atoms with E-state index < -0.39 is 11.9 Å². The summed E-state index contributed by atoms with van der Waals surface area (Å²) in [6.07, 6.45) is -0.216. The van der Waals surface area contributed by atoms with Crippen LogP contribution < -0.4 is 14.8 Å². The van der Waals surface area contributed by atoms with Crippen LogP contribution in [0.2, 0.25) is 0 Å². The molecule has 2 aromatic rings. The second-order valence-corrected chi connectivity index (χ2v) is 5.98. The van der Waals surface area contributed by atoms with Crippen molar-refractivity contribution in [1.82, 2.24) is 5.32 Å². The minimum Gasteiger partial charge on any atom is -0.491 e. The average molecular weight is 345 g/mol. The molecule has 4 nitrogen and oxygen atoms in total. The Kier molecular flexibility index (Phi) is 6.81. The van der Waals surface area contributed by atoms with E-state index >= 15 is 0 Å². The predicted octanol–water partition coefficient (Wildman–Crippen LogP) is 4.09. The molecule has 0 fully saturated rings. The molecular weight excluding hydrogens is 321 g/mol. The zero-order chi connectivity index (χ0) is 18.2. The smallest absolute Gasteiger partial charge is 0.261 e. The minimum absolute atomic E-state index is 0.0804. The maximum Gasteiger partial charge on any atom is 0.261 e. The van der Waals surface area contributed by atoms with Gasteiger partial charge in [0.15, 0.2) is 17.7 Å².